The predicted molar refractivity (Wildman–Crippen MR) is 109 cm³/mol. The van der Waals surface area contributed by atoms with Gasteiger partial charge in [0.05, 0.1) is 6.54 Å². The van der Waals surface area contributed by atoms with E-state index in [9.17, 15) is 14.1 Å². The lowest BCUT2D eigenvalue weighted by atomic mass is 9.87. The maximum absolute atomic E-state index is 12.3. The van der Waals surface area contributed by atoms with Crippen molar-refractivity contribution in [2.75, 3.05) is 17.2 Å². The van der Waals surface area contributed by atoms with Crippen molar-refractivity contribution in [3.8, 4) is 0 Å². The molecule has 0 radical (unpaired) electrons. The van der Waals surface area contributed by atoms with E-state index in [1.54, 1.807) is 12.1 Å². The van der Waals surface area contributed by atoms with Gasteiger partial charge in [-0.25, -0.2) is 14.7 Å². The summed E-state index contributed by atoms with van der Waals surface area (Å²) in [7, 11) is 0. The van der Waals surface area contributed by atoms with Crippen LogP contribution < -0.4 is 10.6 Å². The van der Waals surface area contributed by atoms with Crippen LogP contribution in [-0.2, 0) is 4.94 Å². The Hall–Kier alpha value is -3.55. The molecule has 1 aliphatic heterocycles. The first-order valence-corrected chi connectivity index (χ1v) is 9.00. The first-order chi connectivity index (χ1) is 13.8. The lowest BCUT2D eigenvalue weighted by Crippen LogP contribution is -2.15. The minimum atomic E-state index is -1.26. The van der Waals surface area contributed by atoms with Gasteiger partial charge in [-0.2, -0.15) is 0 Å². The molecule has 150 valence electrons. The lowest BCUT2D eigenvalue weighted by Gasteiger charge is -2.18. The highest BCUT2D eigenvalue weighted by atomic mass is 19.3. The Labute approximate surface area is 167 Å². The molecule has 2 aromatic rings. The molecular formula is C21H21FN4O3. The molecule has 1 aromatic heterocycles. The van der Waals surface area contributed by atoms with Crippen molar-refractivity contribution in [3.63, 3.8) is 0 Å². The molecule has 0 aliphatic carbocycles. The highest BCUT2D eigenvalue weighted by Crippen LogP contribution is 2.28. The summed E-state index contributed by atoms with van der Waals surface area (Å²) in [6.07, 6.45) is 2.05. The summed E-state index contributed by atoms with van der Waals surface area (Å²) >= 11 is 0. The number of rotatable bonds is 4. The van der Waals surface area contributed by atoms with Gasteiger partial charge in [-0.1, -0.05) is 26.8 Å². The number of hydrogen-bond donors (Lipinski definition) is 2. The molecule has 2 N–H and O–H groups in total. The summed E-state index contributed by atoms with van der Waals surface area (Å²) < 4.78 is 12.0. The van der Waals surface area contributed by atoms with Crippen molar-refractivity contribution >= 4 is 29.1 Å². The van der Waals surface area contributed by atoms with E-state index in [1.807, 2.05) is 12.1 Å². The quantitative estimate of drug-likeness (QED) is 0.809. The van der Waals surface area contributed by atoms with Crippen molar-refractivity contribution < 1.29 is 19.1 Å². The SMILES string of the molecule is CC(C)(C)C1=CC(Nc2ccc(NC(=O)c3cccc(C(=O)OF)n3)cc2)=NC1. The van der Waals surface area contributed by atoms with E-state index in [-0.39, 0.29) is 16.8 Å². The van der Waals surface area contributed by atoms with Crippen molar-refractivity contribution in [2.24, 2.45) is 10.4 Å². The van der Waals surface area contributed by atoms with Crippen LogP contribution in [0.25, 0.3) is 0 Å². The fourth-order valence-corrected chi connectivity index (χ4v) is 2.65. The Bertz CT molecular complexity index is 992. The topological polar surface area (TPSA) is 92.7 Å². The van der Waals surface area contributed by atoms with Gasteiger partial charge in [-0.15, -0.1) is 0 Å². The molecule has 0 spiro atoms. The smallest absolute Gasteiger partial charge is 0.341 e. The third-order valence-electron chi connectivity index (χ3n) is 4.37. The maximum atomic E-state index is 12.3. The van der Waals surface area contributed by atoms with Crippen LogP contribution in [0.1, 0.15) is 41.7 Å². The summed E-state index contributed by atoms with van der Waals surface area (Å²) in [5, 5.41) is 5.92. The molecule has 0 atom stereocenters. The van der Waals surface area contributed by atoms with E-state index < -0.39 is 11.9 Å². The van der Waals surface area contributed by atoms with Gasteiger partial charge in [0.1, 0.15) is 11.5 Å². The number of hydrogen-bond acceptors (Lipinski definition) is 6. The van der Waals surface area contributed by atoms with E-state index in [4.69, 9.17) is 0 Å². The van der Waals surface area contributed by atoms with Gasteiger partial charge in [-0.05, 0) is 53.5 Å². The number of pyridine rings is 1. The van der Waals surface area contributed by atoms with Crippen LogP contribution in [0.3, 0.4) is 0 Å². The Morgan fingerprint density at radius 1 is 1.03 bits per heavy atom. The van der Waals surface area contributed by atoms with Crippen molar-refractivity contribution in [1.82, 2.24) is 4.98 Å². The van der Waals surface area contributed by atoms with Crippen LogP contribution in [0.15, 0.2) is 59.1 Å². The molecule has 2 heterocycles. The van der Waals surface area contributed by atoms with Crippen molar-refractivity contribution in [3.05, 3.63) is 65.5 Å². The minimum Gasteiger partial charge on any atom is -0.341 e. The Morgan fingerprint density at radius 3 is 2.31 bits per heavy atom. The van der Waals surface area contributed by atoms with Gasteiger partial charge >= 0.3 is 5.97 Å². The molecular weight excluding hydrogens is 375 g/mol. The van der Waals surface area contributed by atoms with Gasteiger partial charge in [0.2, 0.25) is 0 Å². The Kier molecular flexibility index (Phi) is 5.72. The van der Waals surface area contributed by atoms with Crippen LogP contribution in [0.2, 0.25) is 0 Å². The number of benzene rings is 1. The third-order valence-corrected chi connectivity index (χ3v) is 4.37. The molecule has 0 bridgehead atoms. The van der Waals surface area contributed by atoms with E-state index >= 15 is 0 Å². The number of halogens is 1. The van der Waals surface area contributed by atoms with Gasteiger partial charge in [0.25, 0.3) is 5.91 Å². The number of aromatic nitrogens is 1. The summed E-state index contributed by atoms with van der Waals surface area (Å²) in [6, 6.07) is 11.2. The fourth-order valence-electron chi connectivity index (χ4n) is 2.65. The largest absolute Gasteiger partial charge is 0.397 e. The average molecular weight is 396 g/mol. The standard InChI is InChI=1S/C21H21FN4O3/c1-21(2,3)13-11-18(23-12-13)24-14-7-9-15(10-8-14)25-19(27)16-5-4-6-17(26-16)20(28)29-22/h4-11H,12H2,1-3H3,(H,23,24)(H,25,27). The molecule has 1 aliphatic rings. The molecule has 0 saturated heterocycles. The van der Waals surface area contributed by atoms with Gasteiger partial charge in [0, 0.05) is 15.9 Å². The molecule has 1 aromatic carbocycles. The number of carbonyl (C=O) groups excluding carboxylic acids is 2. The second-order valence-corrected chi connectivity index (χ2v) is 7.55. The first kappa shape index (κ1) is 20.2. The van der Waals surface area contributed by atoms with Crippen molar-refractivity contribution in [1.29, 1.82) is 0 Å². The summed E-state index contributed by atoms with van der Waals surface area (Å²) in [4.78, 5) is 34.9. The highest BCUT2D eigenvalue weighted by Gasteiger charge is 2.21. The summed E-state index contributed by atoms with van der Waals surface area (Å²) in [5.74, 6) is -0.988. The number of aliphatic imine (C=N–C) groups is 1. The zero-order valence-corrected chi connectivity index (χ0v) is 16.3. The lowest BCUT2D eigenvalue weighted by molar-refractivity contribution is -0.0793. The molecule has 1 amide bonds. The van der Waals surface area contributed by atoms with E-state index in [1.165, 1.54) is 23.8 Å². The number of amides is 1. The summed E-state index contributed by atoms with van der Waals surface area (Å²) in [6.45, 7) is 7.14. The van der Waals surface area contributed by atoms with E-state index in [0.717, 1.165) is 11.5 Å². The normalized spacial score (nSPS) is 13.4. The Balaban J connectivity index is 1.63. The summed E-state index contributed by atoms with van der Waals surface area (Å²) in [5.41, 5.74) is 2.39. The van der Waals surface area contributed by atoms with E-state index in [0.29, 0.717) is 12.2 Å². The number of anilines is 2. The number of nitrogens with zero attached hydrogens (tertiary/aromatic N) is 2. The van der Waals surface area contributed by atoms with Crippen LogP contribution in [0, 0.1) is 5.41 Å². The van der Waals surface area contributed by atoms with Crippen LogP contribution in [-0.4, -0.2) is 29.2 Å². The number of amidine groups is 1. The third kappa shape index (κ3) is 5.04. The first-order valence-electron chi connectivity index (χ1n) is 9.00. The van der Waals surface area contributed by atoms with Gasteiger partial charge < -0.3 is 10.6 Å². The highest BCUT2D eigenvalue weighted by molar-refractivity contribution is 6.06. The molecule has 0 unspecified atom stereocenters. The number of carbonyl (C=O) groups is 2. The molecule has 0 saturated carbocycles. The average Bonchev–Trinajstić information content (AvgIpc) is 3.18. The van der Waals surface area contributed by atoms with Crippen LogP contribution in [0.4, 0.5) is 15.9 Å². The minimum absolute atomic E-state index is 0.0322. The second kappa shape index (κ2) is 8.22. The molecule has 0 fully saturated rings. The number of nitrogens with one attached hydrogen (secondary N) is 2. The fraction of sp³-hybridized carbons (Fsp3) is 0.238. The molecule has 3 rings (SSSR count). The monoisotopic (exact) mass is 396 g/mol. The van der Waals surface area contributed by atoms with Crippen LogP contribution in [0.5, 0.6) is 0 Å². The maximum Gasteiger partial charge on any atom is 0.397 e. The molecule has 7 nitrogen and oxygen atoms in total. The van der Waals surface area contributed by atoms with E-state index in [2.05, 4.69) is 52.4 Å². The Morgan fingerprint density at radius 2 is 1.69 bits per heavy atom. The predicted octanol–water partition coefficient (Wildman–Crippen LogP) is 4.17. The zero-order chi connectivity index (χ0) is 21.0. The van der Waals surface area contributed by atoms with Gasteiger partial charge in [0.15, 0.2) is 5.69 Å². The van der Waals surface area contributed by atoms with Gasteiger partial charge in [-0.3, -0.25) is 9.79 Å². The molecule has 8 heteroatoms. The second-order valence-electron chi connectivity index (χ2n) is 7.55. The molecule has 29 heavy (non-hydrogen) atoms. The van der Waals surface area contributed by atoms with Crippen molar-refractivity contribution in [2.45, 2.75) is 20.8 Å². The zero-order valence-electron chi connectivity index (χ0n) is 16.3. The van der Waals surface area contributed by atoms with Crippen LogP contribution >= 0.6 is 0 Å².